The first kappa shape index (κ1) is 13.7. The molecule has 1 N–H and O–H groups in total. The molecule has 1 rings (SSSR count). The Morgan fingerprint density at radius 2 is 2.24 bits per heavy atom. The summed E-state index contributed by atoms with van der Waals surface area (Å²) in [5, 5.41) is 12.7. The van der Waals surface area contributed by atoms with E-state index < -0.39 is 5.97 Å². The van der Waals surface area contributed by atoms with Crippen molar-refractivity contribution in [3.63, 3.8) is 0 Å². The first-order chi connectivity index (χ1) is 7.90. The molecule has 94 valence electrons. The van der Waals surface area contributed by atoms with Crippen molar-refractivity contribution in [1.82, 2.24) is 14.7 Å². The summed E-state index contributed by atoms with van der Waals surface area (Å²) >= 11 is 3.23. The number of carbonyl (C=O) groups excluding carboxylic acids is 1. The SMILES string of the molecule is CC(C)N(CC(=O)O)C(=O)Cn1cc(Br)cn1. The molecule has 0 saturated carbocycles. The Hall–Kier alpha value is -1.37. The van der Waals surface area contributed by atoms with Gasteiger partial charge >= 0.3 is 5.97 Å². The molecule has 1 aromatic rings. The number of amides is 1. The number of aromatic nitrogens is 2. The number of aliphatic carboxylic acids is 1. The molecule has 0 unspecified atom stereocenters. The molecule has 0 atom stereocenters. The van der Waals surface area contributed by atoms with Gasteiger partial charge < -0.3 is 10.0 Å². The van der Waals surface area contributed by atoms with Gasteiger partial charge in [0, 0.05) is 12.2 Å². The number of hydrogen-bond acceptors (Lipinski definition) is 3. The fourth-order valence-electron chi connectivity index (χ4n) is 1.36. The average molecular weight is 304 g/mol. The van der Waals surface area contributed by atoms with Gasteiger partial charge in [0.2, 0.25) is 5.91 Å². The highest BCUT2D eigenvalue weighted by Gasteiger charge is 2.20. The maximum atomic E-state index is 11.9. The van der Waals surface area contributed by atoms with Gasteiger partial charge in [0.15, 0.2) is 0 Å². The van der Waals surface area contributed by atoms with Gasteiger partial charge in [-0.15, -0.1) is 0 Å². The van der Waals surface area contributed by atoms with Crippen LogP contribution in [0.5, 0.6) is 0 Å². The number of carboxylic acid groups (broad SMARTS) is 1. The second-order valence-corrected chi connectivity index (χ2v) is 4.78. The average Bonchev–Trinajstić information content (AvgIpc) is 2.59. The van der Waals surface area contributed by atoms with Crippen LogP contribution in [0, 0.1) is 0 Å². The Morgan fingerprint density at radius 1 is 1.59 bits per heavy atom. The molecule has 0 spiro atoms. The van der Waals surface area contributed by atoms with E-state index in [1.165, 1.54) is 9.58 Å². The standard InChI is InChI=1S/C10H14BrN3O3/c1-7(2)14(6-10(16)17)9(15)5-13-4-8(11)3-12-13/h3-4,7H,5-6H2,1-2H3,(H,16,17). The molecule has 7 heteroatoms. The van der Waals surface area contributed by atoms with Gasteiger partial charge in [0.25, 0.3) is 0 Å². The quantitative estimate of drug-likeness (QED) is 0.879. The summed E-state index contributed by atoms with van der Waals surface area (Å²) in [7, 11) is 0. The zero-order valence-electron chi connectivity index (χ0n) is 9.63. The molecular formula is C10H14BrN3O3. The van der Waals surface area contributed by atoms with Gasteiger partial charge in [0.05, 0.1) is 10.7 Å². The highest BCUT2D eigenvalue weighted by Crippen LogP contribution is 2.07. The van der Waals surface area contributed by atoms with Crippen molar-refractivity contribution in [2.75, 3.05) is 6.54 Å². The lowest BCUT2D eigenvalue weighted by Gasteiger charge is -2.24. The van der Waals surface area contributed by atoms with Crippen LogP contribution in [0.4, 0.5) is 0 Å². The van der Waals surface area contributed by atoms with E-state index in [1.54, 1.807) is 26.2 Å². The van der Waals surface area contributed by atoms with Crippen molar-refractivity contribution in [3.05, 3.63) is 16.9 Å². The van der Waals surface area contributed by atoms with Crippen molar-refractivity contribution in [1.29, 1.82) is 0 Å². The number of carboxylic acids is 1. The Kier molecular flexibility index (Phi) is 4.68. The minimum atomic E-state index is -1.02. The van der Waals surface area contributed by atoms with Crippen LogP contribution in [0.25, 0.3) is 0 Å². The molecular weight excluding hydrogens is 290 g/mol. The van der Waals surface area contributed by atoms with Crippen molar-refractivity contribution in [2.24, 2.45) is 0 Å². The molecule has 0 aliphatic rings. The fourth-order valence-corrected chi connectivity index (χ4v) is 1.69. The zero-order chi connectivity index (χ0) is 13.0. The summed E-state index contributed by atoms with van der Waals surface area (Å²) in [6, 6.07) is -0.155. The van der Waals surface area contributed by atoms with Crippen molar-refractivity contribution < 1.29 is 14.7 Å². The molecule has 0 aliphatic heterocycles. The molecule has 0 radical (unpaired) electrons. The summed E-state index contributed by atoms with van der Waals surface area (Å²) in [5.74, 6) is -1.29. The predicted molar refractivity (Wildman–Crippen MR) is 64.4 cm³/mol. The molecule has 1 aromatic heterocycles. The second-order valence-electron chi connectivity index (χ2n) is 3.87. The van der Waals surface area contributed by atoms with Crippen LogP contribution in [0.2, 0.25) is 0 Å². The monoisotopic (exact) mass is 303 g/mol. The number of rotatable bonds is 5. The van der Waals surface area contributed by atoms with E-state index in [0.29, 0.717) is 0 Å². The number of hydrogen-bond donors (Lipinski definition) is 1. The Morgan fingerprint density at radius 3 is 2.65 bits per heavy atom. The third-order valence-corrected chi connectivity index (χ3v) is 2.56. The van der Waals surface area contributed by atoms with Crippen molar-refractivity contribution >= 4 is 27.8 Å². The van der Waals surface area contributed by atoms with Gasteiger partial charge in [-0.25, -0.2) is 0 Å². The van der Waals surface area contributed by atoms with Crippen LogP contribution in [-0.2, 0) is 16.1 Å². The highest BCUT2D eigenvalue weighted by molar-refractivity contribution is 9.10. The maximum absolute atomic E-state index is 11.9. The van der Waals surface area contributed by atoms with Crippen LogP contribution in [0.1, 0.15) is 13.8 Å². The second kappa shape index (κ2) is 5.81. The summed E-state index contributed by atoms with van der Waals surface area (Å²) < 4.78 is 2.24. The minimum Gasteiger partial charge on any atom is -0.480 e. The largest absolute Gasteiger partial charge is 0.480 e. The minimum absolute atomic E-state index is 0.0387. The van der Waals surface area contributed by atoms with Crippen LogP contribution >= 0.6 is 15.9 Å². The van der Waals surface area contributed by atoms with E-state index in [1.807, 2.05) is 0 Å². The molecule has 1 heterocycles. The smallest absolute Gasteiger partial charge is 0.323 e. The summed E-state index contributed by atoms with van der Waals surface area (Å²) in [6.07, 6.45) is 3.24. The molecule has 6 nitrogen and oxygen atoms in total. The summed E-state index contributed by atoms with van der Waals surface area (Å²) in [5.41, 5.74) is 0. The zero-order valence-corrected chi connectivity index (χ0v) is 11.2. The Labute approximate surface area is 107 Å². The molecule has 0 bridgehead atoms. The van der Waals surface area contributed by atoms with Crippen LogP contribution in [0.3, 0.4) is 0 Å². The normalized spacial score (nSPS) is 10.6. The van der Waals surface area contributed by atoms with Gasteiger partial charge in [-0.05, 0) is 29.8 Å². The van der Waals surface area contributed by atoms with E-state index in [9.17, 15) is 9.59 Å². The third kappa shape index (κ3) is 4.18. The van der Waals surface area contributed by atoms with Gasteiger partial charge in [-0.1, -0.05) is 0 Å². The van der Waals surface area contributed by atoms with Gasteiger partial charge in [-0.2, -0.15) is 5.10 Å². The Balaban J connectivity index is 2.68. The lowest BCUT2D eigenvalue weighted by atomic mass is 10.3. The molecule has 0 fully saturated rings. The first-order valence-corrected chi connectivity index (χ1v) is 5.88. The van der Waals surface area contributed by atoms with Crippen molar-refractivity contribution in [2.45, 2.75) is 26.4 Å². The molecule has 17 heavy (non-hydrogen) atoms. The molecule has 0 saturated heterocycles. The lowest BCUT2D eigenvalue weighted by Crippen LogP contribution is -2.42. The predicted octanol–water partition coefficient (Wildman–Crippen LogP) is 0.967. The van der Waals surface area contributed by atoms with E-state index in [2.05, 4.69) is 21.0 Å². The van der Waals surface area contributed by atoms with E-state index in [0.717, 1.165) is 4.47 Å². The number of nitrogens with zero attached hydrogens (tertiary/aromatic N) is 3. The van der Waals surface area contributed by atoms with Crippen LogP contribution in [-0.4, -0.2) is 44.3 Å². The fraction of sp³-hybridized carbons (Fsp3) is 0.500. The third-order valence-electron chi connectivity index (χ3n) is 2.15. The summed E-state index contributed by atoms with van der Waals surface area (Å²) in [6.45, 7) is 3.30. The molecule has 0 aromatic carbocycles. The first-order valence-electron chi connectivity index (χ1n) is 5.09. The highest BCUT2D eigenvalue weighted by atomic mass is 79.9. The van der Waals surface area contributed by atoms with Gasteiger partial charge in [0.1, 0.15) is 13.1 Å². The summed E-state index contributed by atoms with van der Waals surface area (Å²) in [4.78, 5) is 23.8. The maximum Gasteiger partial charge on any atom is 0.323 e. The van der Waals surface area contributed by atoms with Crippen LogP contribution in [0.15, 0.2) is 16.9 Å². The lowest BCUT2D eigenvalue weighted by molar-refractivity contribution is -0.146. The van der Waals surface area contributed by atoms with E-state index in [-0.39, 0.29) is 25.0 Å². The number of halogens is 1. The van der Waals surface area contributed by atoms with E-state index in [4.69, 9.17) is 5.11 Å². The molecule has 1 amide bonds. The van der Waals surface area contributed by atoms with Crippen molar-refractivity contribution in [3.8, 4) is 0 Å². The number of carbonyl (C=O) groups is 2. The topological polar surface area (TPSA) is 75.4 Å². The van der Waals surface area contributed by atoms with E-state index >= 15 is 0 Å². The Bertz CT molecular complexity index is 417. The van der Waals surface area contributed by atoms with Crippen LogP contribution < -0.4 is 0 Å². The van der Waals surface area contributed by atoms with Gasteiger partial charge in [-0.3, -0.25) is 14.3 Å². The molecule has 0 aliphatic carbocycles.